The van der Waals surface area contributed by atoms with Crippen LogP contribution in [0.15, 0.2) is 11.6 Å². The summed E-state index contributed by atoms with van der Waals surface area (Å²) < 4.78 is 10.8. The number of carbonyl (C=O) groups excluding carboxylic acids is 1. The van der Waals surface area contributed by atoms with Crippen LogP contribution in [0.5, 0.6) is 0 Å². The molecule has 0 aromatic rings. The smallest absolute Gasteiger partial charge is 0.328 e. The first-order valence-corrected chi connectivity index (χ1v) is 12.5. The van der Waals surface area contributed by atoms with Gasteiger partial charge in [0.15, 0.2) is 0 Å². The number of halogens is 1. The summed E-state index contributed by atoms with van der Waals surface area (Å²) in [7, 11) is 0. The second-order valence-electron chi connectivity index (χ2n) is 7.94. The molecule has 1 saturated heterocycles. The fourth-order valence-corrected chi connectivity index (χ4v) is 4.11. The van der Waals surface area contributed by atoms with E-state index >= 15 is 0 Å². The molecule has 0 aromatic carbocycles. The minimum absolute atomic E-state index is 0.0263. The Morgan fingerprint density at radius 2 is 1.59 bits per heavy atom. The molecule has 0 aliphatic carbocycles. The van der Waals surface area contributed by atoms with Crippen molar-refractivity contribution in [3.63, 3.8) is 0 Å². The lowest BCUT2D eigenvalue weighted by Gasteiger charge is -2.37. The van der Waals surface area contributed by atoms with Gasteiger partial charge in [0.05, 0.1) is 6.61 Å². The number of alkyl halides is 1. The van der Waals surface area contributed by atoms with Crippen LogP contribution in [0.25, 0.3) is 0 Å². The Balaban J connectivity index is 2.04. The van der Waals surface area contributed by atoms with Crippen molar-refractivity contribution in [2.45, 2.75) is 96.5 Å². The number of carbonyl (C=O) groups is 2. The van der Waals surface area contributed by atoms with Crippen molar-refractivity contribution in [1.82, 2.24) is 0 Å². The van der Waals surface area contributed by atoms with Gasteiger partial charge >= 0.3 is 11.9 Å². The topological polar surface area (TPSA) is 72.8 Å². The molecule has 6 heteroatoms. The molecule has 29 heavy (non-hydrogen) atoms. The summed E-state index contributed by atoms with van der Waals surface area (Å²) in [5, 5.41) is 9.70. The van der Waals surface area contributed by atoms with E-state index in [0.717, 1.165) is 18.4 Å². The molecule has 0 spiro atoms. The first kappa shape index (κ1) is 26.2. The molecule has 1 aliphatic heterocycles. The summed E-state index contributed by atoms with van der Waals surface area (Å²) >= 11 is 3.35. The van der Waals surface area contributed by atoms with Gasteiger partial charge in [0.2, 0.25) is 0 Å². The van der Waals surface area contributed by atoms with Crippen LogP contribution in [-0.4, -0.2) is 41.7 Å². The molecule has 0 aromatic heterocycles. The lowest BCUT2D eigenvalue weighted by Crippen LogP contribution is -2.44. The fraction of sp³-hybridized carbons (Fsp3) is 0.826. The highest BCUT2D eigenvalue weighted by atomic mass is 79.9. The molecule has 1 fully saturated rings. The van der Waals surface area contributed by atoms with Gasteiger partial charge < -0.3 is 14.6 Å². The molecule has 5 nitrogen and oxygen atoms in total. The first-order valence-electron chi connectivity index (χ1n) is 11.3. The number of ether oxygens (including phenoxy) is 2. The van der Waals surface area contributed by atoms with E-state index in [1.54, 1.807) is 0 Å². The van der Waals surface area contributed by atoms with Crippen LogP contribution in [-0.2, 0) is 19.1 Å². The van der Waals surface area contributed by atoms with Crippen LogP contribution >= 0.6 is 15.9 Å². The fourth-order valence-electron chi connectivity index (χ4n) is 3.65. The Morgan fingerprint density at radius 1 is 1.00 bits per heavy atom. The highest BCUT2D eigenvalue weighted by Crippen LogP contribution is 2.30. The molecule has 1 N–H and O–H groups in total. The minimum Gasteiger partial charge on any atom is -0.478 e. The number of hydrogen-bond acceptors (Lipinski definition) is 4. The van der Waals surface area contributed by atoms with Crippen LogP contribution in [0.4, 0.5) is 0 Å². The van der Waals surface area contributed by atoms with Gasteiger partial charge in [-0.15, -0.1) is 0 Å². The molecule has 0 amide bonds. The number of esters is 1. The Hall–Kier alpha value is -0.880. The van der Waals surface area contributed by atoms with Crippen LogP contribution in [0.3, 0.4) is 0 Å². The summed E-state index contributed by atoms with van der Waals surface area (Å²) in [5.74, 6) is -1.10. The summed E-state index contributed by atoms with van der Waals surface area (Å²) in [6.45, 7) is 2.95. The maximum atomic E-state index is 11.9. The Morgan fingerprint density at radius 3 is 2.07 bits per heavy atom. The van der Waals surface area contributed by atoms with Crippen molar-refractivity contribution < 1.29 is 24.2 Å². The van der Waals surface area contributed by atoms with Crippen molar-refractivity contribution in [2.24, 2.45) is 5.92 Å². The van der Waals surface area contributed by atoms with Crippen molar-refractivity contribution in [2.75, 3.05) is 18.5 Å². The molecule has 2 unspecified atom stereocenters. The van der Waals surface area contributed by atoms with Crippen LogP contribution in [0.1, 0.15) is 90.4 Å². The van der Waals surface area contributed by atoms with E-state index in [1.165, 1.54) is 63.9 Å². The minimum atomic E-state index is -0.944. The Bertz CT molecular complexity index is 492. The van der Waals surface area contributed by atoms with Crippen LogP contribution in [0.2, 0.25) is 0 Å². The molecule has 1 aliphatic rings. The van der Waals surface area contributed by atoms with Gasteiger partial charge in [-0.05, 0) is 12.8 Å². The zero-order valence-electron chi connectivity index (χ0n) is 18.0. The van der Waals surface area contributed by atoms with E-state index in [2.05, 4.69) is 22.9 Å². The van der Waals surface area contributed by atoms with Crippen molar-refractivity contribution >= 4 is 27.9 Å². The zero-order valence-corrected chi connectivity index (χ0v) is 19.6. The molecule has 0 radical (unpaired) electrons. The van der Waals surface area contributed by atoms with Gasteiger partial charge in [-0.3, -0.25) is 4.79 Å². The predicted molar refractivity (Wildman–Crippen MR) is 119 cm³/mol. The van der Waals surface area contributed by atoms with Crippen LogP contribution < -0.4 is 0 Å². The molecule has 1 heterocycles. The maximum absolute atomic E-state index is 11.9. The van der Waals surface area contributed by atoms with E-state index in [0.29, 0.717) is 24.8 Å². The largest absolute Gasteiger partial charge is 0.478 e. The highest BCUT2D eigenvalue weighted by Gasteiger charge is 2.35. The van der Waals surface area contributed by atoms with Crippen molar-refractivity contribution in [1.29, 1.82) is 0 Å². The lowest BCUT2D eigenvalue weighted by molar-refractivity contribution is -0.163. The predicted octanol–water partition coefficient (Wildman–Crippen LogP) is 6.04. The molecule has 0 bridgehead atoms. The summed E-state index contributed by atoms with van der Waals surface area (Å²) in [5.41, 5.74) is 0.840. The summed E-state index contributed by atoms with van der Waals surface area (Å²) in [6, 6.07) is 0. The van der Waals surface area contributed by atoms with E-state index in [9.17, 15) is 9.59 Å². The monoisotopic (exact) mass is 474 g/mol. The van der Waals surface area contributed by atoms with Crippen LogP contribution in [0, 0.1) is 5.92 Å². The number of carboxylic acids is 1. The number of rotatable bonds is 18. The number of unbranched alkanes of at least 4 members (excludes halogenated alkanes) is 10. The molecule has 0 saturated carbocycles. The molecule has 168 valence electrons. The first-order chi connectivity index (χ1) is 14.1. The van der Waals surface area contributed by atoms with Gasteiger partial charge in [0.1, 0.15) is 12.7 Å². The summed E-state index contributed by atoms with van der Waals surface area (Å²) in [4.78, 5) is 22.9. The lowest BCUT2D eigenvalue weighted by atomic mass is 9.88. The number of carboxylic acid groups (broad SMARTS) is 1. The third-order valence-corrected chi connectivity index (χ3v) is 5.90. The second-order valence-corrected chi connectivity index (χ2v) is 8.74. The maximum Gasteiger partial charge on any atom is 0.328 e. The Kier molecular flexibility index (Phi) is 15.2. The van der Waals surface area contributed by atoms with E-state index < -0.39 is 5.97 Å². The highest BCUT2D eigenvalue weighted by molar-refractivity contribution is 9.09. The van der Waals surface area contributed by atoms with Crippen molar-refractivity contribution in [3.8, 4) is 0 Å². The molecular weight excluding hydrogens is 436 g/mol. The van der Waals surface area contributed by atoms with Gasteiger partial charge in [0.25, 0.3) is 0 Å². The normalized spacial score (nSPS) is 19.0. The molecular formula is C23H39BrO5. The Labute approximate surface area is 184 Å². The van der Waals surface area contributed by atoms with E-state index in [1.807, 2.05) is 0 Å². The zero-order chi connectivity index (χ0) is 21.3. The third kappa shape index (κ3) is 12.4. The second kappa shape index (κ2) is 16.9. The van der Waals surface area contributed by atoms with Gasteiger partial charge in [-0.2, -0.15) is 0 Å². The molecule has 1 rings (SSSR count). The standard InChI is InChI=1S/C23H39BrO5/c1-2-3-4-5-6-7-8-9-10-11-12-13-23(27)29-18-21-20(17-28-21)19(14-15-24)16-22(25)26/h16,20-21H,2-15,17-18H2,1H3,(H,25,26). The number of hydrogen-bond donors (Lipinski definition) is 1. The molecule has 2 atom stereocenters. The SMILES string of the molecule is CCCCCCCCCCCCCC(=O)OCC1OCC1C(=CC(=O)O)CCBr. The summed E-state index contributed by atoms with van der Waals surface area (Å²) in [6.07, 6.45) is 15.9. The van der Waals surface area contributed by atoms with E-state index in [4.69, 9.17) is 14.6 Å². The van der Waals surface area contributed by atoms with Gasteiger partial charge in [-0.1, -0.05) is 92.6 Å². The quantitative estimate of drug-likeness (QED) is 0.113. The third-order valence-electron chi connectivity index (χ3n) is 5.50. The number of aliphatic carboxylic acids is 1. The van der Waals surface area contributed by atoms with Crippen molar-refractivity contribution in [3.05, 3.63) is 11.6 Å². The average Bonchev–Trinajstić information content (AvgIpc) is 2.65. The van der Waals surface area contributed by atoms with Gasteiger partial charge in [0, 0.05) is 23.7 Å². The van der Waals surface area contributed by atoms with Gasteiger partial charge in [-0.25, -0.2) is 4.79 Å². The van der Waals surface area contributed by atoms with E-state index in [-0.39, 0.29) is 24.6 Å². The average molecular weight is 475 g/mol.